The summed E-state index contributed by atoms with van der Waals surface area (Å²) in [6.07, 6.45) is 1.22. The summed E-state index contributed by atoms with van der Waals surface area (Å²) in [6.45, 7) is 0. The Kier molecular flexibility index (Phi) is 4.62. The van der Waals surface area contributed by atoms with Gasteiger partial charge in [-0.25, -0.2) is 8.42 Å². The normalized spacial score (nSPS) is 15.6. The number of sulfonamides is 1. The highest BCUT2D eigenvalue weighted by atomic mass is 35.5. The van der Waals surface area contributed by atoms with Gasteiger partial charge in [-0.05, 0) is 30.7 Å². The Labute approximate surface area is 148 Å². The van der Waals surface area contributed by atoms with Gasteiger partial charge in [0, 0.05) is 29.3 Å². The van der Waals surface area contributed by atoms with Gasteiger partial charge in [-0.1, -0.05) is 11.6 Å². The Bertz CT molecular complexity index is 874. The fourth-order valence-electron chi connectivity index (χ4n) is 2.39. The number of thiophene rings is 1. The molecule has 1 saturated heterocycles. The lowest BCUT2D eigenvalue weighted by atomic mass is 10.1. The second-order valence-corrected chi connectivity index (χ2v) is 8.01. The Morgan fingerprint density at radius 3 is 2.21 bits per heavy atom. The lowest BCUT2D eigenvalue weighted by Gasteiger charge is -2.25. The molecule has 0 aliphatic carbocycles. The number of amides is 2. The highest BCUT2D eigenvalue weighted by Crippen LogP contribution is 2.28. The van der Waals surface area contributed by atoms with Crippen LogP contribution in [-0.4, -0.2) is 20.2 Å². The molecule has 1 aromatic carbocycles. The maximum atomic E-state index is 12.3. The number of imide groups is 1. The van der Waals surface area contributed by atoms with Crippen molar-refractivity contribution < 1.29 is 18.0 Å². The van der Waals surface area contributed by atoms with Crippen molar-refractivity contribution in [2.24, 2.45) is 0 Å². The molecule has 1 aliphatic heterocycles. The molecule has 0 atom stereocenters. The lowest BCUT2D eigenvalue weighted by Crippen LogP contribution is -2.40. The van der Waals surface area contributed by atoms with Crippen molar-refractivity contribution in [2.75, 3.05) is 9.62 Å². The largest absolute Gasteiger partial charge is 0.280 e. The number of nitrogens with one attached hydrogen (secondary N) is 1. The number of rotatable bonds is 4. The first-order valence-corrected chi connectivity index (χ1v) is 9.89. The molecule has 0 radical (unpaired) electrons. The summed E-state index contributed by atoms with van der Waals surface area (Å²) in [6, 6.07) is 6.08. The fraction of sp³-hybridized carbons (Fsp3) is 0.200. The molecule has 24 heavy (non-hydrogen) atoms. The summed E-state index contributed by atoms with van der Waals surface area (Å²) >= 11 is 7.05. The van der Waals surface area contributed by atoms with Crippen LogP contribution in [0.3, 0.4) is 0 Å². The maximum absolute atomic E-state index is 12.3. The third-order valence-corrected chi connectivity index (χ3v) is 6.40. The van der Waals surface area contributed by atoms with Crippen molar-refractivity contribution in [2.45, 2.75) is 24.2 Å². The summed E-state index contributed by atoms with van der Waals surface area (Å²) in [5.74, 6) is -0.491. The van der Waals surface area contributed by atoms with E-state index in [4.69, 9.17) is 11.6 Å². The van der Waals surface area contributed by atoms with E-state index in [2.05, 4.69) is 4.72 Å². The minimum atomic E-state index is -3.78. The molecule has 0 bridgehead atoms. The van der Waals surface area contributed by atoms with Crippen molar-refractivity contribution in [1.82, 2.24) is 0 Å². The third-order valence-electron chi connectivity index (χ3n) is 3.53. The van der Waals surface area contributed by atoms with Crippen LogP contribution < -0.4 is 9.62 Å². The van der Waals surface area contributed by atoms with Gasteiger partial charge in [-0.3, -0.25) is 19.2 Å². The number of carbonyl (C=O) groups is 2. The molecule has 0 spiro atoms. The molecule has 2 amide bonds. The quantitative estimate of drug-likeness (QED) is 0.820. The molecular weight excluding hydrogens is 372 g/mol. The fourth-order valence-corrected chi connectivity index (χ4v) is 5.16. The van der Waals surface area contributed by atoms with Crippen molar-refractivity contribution in [3.63, 3.8) is 0 Å². The molecule has 2 heterocycles. The number of piperidine rings is 1. The topological polar surface area (TPSA) is 83.6 Å². The van der Waals surface area contributed by atoms with E-state index < -0.39 is 10.0 Å². The van der Waals surface area contributed by atoms with Gasteiger partial charge in [0.05, 0.1) is 10.7 Å². The average Bonchev–Trinajstić information content (AvgIpc) is 2.95. The van der Waals surface area contributed by atoms with Crippen LogP contribution in [-0.2, 0) is 19.6 Å². The van der Waals surface area contributed by atoms with E-state index in [1.165, 1.54) is 46.4 Å². The Hall–Kier alpha value is -1.90. The molecule has 1 fully saturated rings. The molecule has 3 rings (SSSR count). The van der Waals surface area contributed by atoms with Gasteiger partial charge in [-0.2, -0.15) is 0 Å². The highest BCUT2D eigenvalue weighted by molar-refractivity contribution is 7.93. The zero-order chi connectivity index (χ0) is 17.3. The molecule has 6 nitrogen and oxygen atoms in total. The molecule has 2 aromatic rings. The summed E-state index contributed by atoms with van der Waals surface area (Å²) in [4.78, 5) is 24.9. The Morgan fingerprint density at radius 1 is 1.04 bits per heavy atom. The molecule has 0 saturated carbocycles. The van der Waals surface area contributed by atoms with E-state index in [1.54, 1.807) is 0 Å². The van der Waals surface area contributed by atoms with Crippen molar-refractivity contribution in [3.05, 3.63) is 40.0 Å². The van der Waals surface area contributed by atoms with Gasteiger partial charge in [-0.15, -0.1) is 11.3 Å². The van der Waals surface area contributed by atoms with Crippen LogP contribution in [0, 0.1) is 0 Å². The van der Waals surface area contributed by atoms with E-state index in [-0.39, 0.29) is 21.7 Å². The SMILES string of the molecule is O=C1CCCC(=O)N1c1ccc(NS(=O)(=O)c2cscc2Cl)cc1. The Morgan fingerprint density at radius 2 is 1.67 bits per heavy atom. The van der Waals surface area contributed by atoms with Crippen LogP contribution in [0.25, 0.3) is 0 Å². The number of halogens is 1. The first kappa shape index (κ1) is 16.9. The number of nitrogens with zero attached hydrogens (tertiary/aromatic N) is 1. The van der Waals surface area contributed by atoms with Crippen molar-refractivity contribution in [3.8, 4) is 0 Å². The number of hydrogen-bond acceptors (Lipinski definition) is 5. The average molecular weight is 385 g/mol. The van der Waals surface area contributed by atoms with E-state index >= 15 is 0 Å². The first-order valence-electron chi connectivity index (χ1n) is 7.09. The number of anilines is 2. The van der Waals surface area contributed by atoms with Crippen LogP contribution in [0.15, 0.2) is 39.9 Å². The molecule has 1 aromatic heterocycles. The van der Waals surface area contributed by atoms with Crippen LogP contribution in [0.2, 0.25) is 5.02 Å². The maximum Gasteiger partial charge on any atom is 0.264 e. The van der Waals surface area contributed by atoms with Crippen LogP contribution in [0.4, 0.5) is 11.4 Å². The summed E-state index contributed by atoms with van der Waals surface area (Å²) < 4.78 is 27.0. The van der Waals surface area contributed by atoms with E-state index in [0.29, 0.717) is 30.6 Å². The predicted molar refractivity (Wildman–Crippen MR) is 92.9 cm³/mol. The standard InChI is InChI=1S/C15H13ClN2O4S2/c16-12-8-23-9-13(12)24(21,22)17-10-4-6-11(7-5-10)18-14(19)2-1-3-15(18)20/h4-9,17H,1-3H2. The molecule has 126 valence electrons. The van der Waals surface area contributed by atoms with Gasteiger partial charge >= 0.3 is 0 Å². The highest BCUT2D eigenvalue weighted by Gasteiger charge is 2.27. The second-order valence-electron chi connectivity index (χ2n) is 5.21. The molecule has 0 unspecified atom stereocenters. The predicted octanol–water partition coefficient (Wildman–Crippen LogP) is 3.25. The zero-order valence-corrected chi connectivity index (χ0v) is 14.7. The minimum Gasteiger partial charge on any atom is -0.280 e. The van der Waals surface area contributed by atoms with Crippen molar-refractivity contribution >= 4 is 56.2 Å². The first-order chi connectivity index (χ1) is 11.4. The summed E-state index contributed by atoms with van der Waals surface area (Å²) in [5, 5.41) is 3.14. The van der Waals surface area contributed by atoms with Crippen LogP contribution in [0.1, 0.15) is 19.3 Å². The van der Waals surface area contributed by atoms with Gasteiger partial charge < -0.3 is 0 Å². The number of benzene rings is 1. The summed E-state index contributed by atoms with van der Waals surface area (Å²) in [7, 11) is -3.78. The van der Waals surface area contributed by atoms with Gasteiger partial charge in [0.15, 0.2) is 0 Å². The third kappa shape index (κ3) is 3.31. The van der Waals surface area contributed by atoms with Crippen molar-refractivity contribution in [1.29, 1.82) is 0 Å². The van der Waals surface area contributed by atoms with Gasteiger partial charge in [0.2, 0.25) is 11.8 Å². The molecular formula is C15H13ClN2O4S2. The molecule has 9 heteroatoms. The minimum absolute atomic E-state index is 0.0135. The van der Waals surface area contributed by atoms with E-state index in [0.717, 1.165) is 4.90 Å². The smallest absolute Gasteiger partial charge is 0.264 e. The number of hydrogen-bond donors (Lipinski definition) is 1. The van der Waals surface area contributed by atoms with Crippen LogP contribution >= 0.6 is 22.9 Å². The molecule has 1 aliphatic rings. The van der Waals surface area contributed by atoms with Gasteiger partial charge in [0.1, 0.15) is 4.90 Å². The molecule has 1 N–H and O–H groups in total. The van der Waals surface area contributed by atoms with Gasteiger partial charge in [0.25, 0.3) is 10.0 Å². The zero-order valence-electron chi connectivity index (χ0n) is 12.4. The van der Waals surface area contributed by atoms with E-state index in [9.17, 15) is 18.0 Å². The van der Waals surface area contributed by atoms with Crippen LogP contribution in [0.5, 0.6) is 0 Å². The monoisotopic (exact) mass is 384 g/mol. The lowest BCUT2D eigenvalue weighted by molar-refractivity contribution is -0.129. The second kappa shape index (κ2) is 6.54. The Balaban J connectivity index is 1.81. The summed E-state index contributed by atoms with van der Waals surface area (Å²) in [5.41, 5.74) is 0.749. The van der Waals surface area contributed by atoms with E-state index in [1.807, 2.05) is 0 Å². The number of carbonyl (C=O) groups excluding carboxylic acids is 2.